The SMILES string of the molecule is CC(C)NC(=O)c1ccccc1OCc1ccc(F)cc1. The first kappa shape index (κ1) is 15.0. The summed E-state index contributed by atoms with van der Waals surface area (Å²) in [5, 5.41) is 2.84. The molecular formula is C17H18FNO2. The zero-order chi connectivity index (χ0) is 15.2. The molecule has 0 saturated heterocycles. The highest BCUT2D eigenvalue weighted by Crippen LogP contribution is 2.19. The van der Waals surface area contributed by atoms with Crippen LogP contribution in [-0.2, 0) is 6.61 Å². The average Bonchev–Trinajstić information content (AvgIpc) is 2.46. The zero-order valence-electron chi connectivity index (χ0n) is 12.1. The molecule has 0 bridgehead atoms. The molecule has 2 aromatic carbocycles. The van der Waals surface area contributed by atoms with Crippen LogP contribution < -0.4 is 10.1 Å². The number of rotatable bonds is 5. The molecule has 0 fully saturated rings. The Labute approximate surface area is 123 Å². The van der Waals surface area contributed by atoms with E-state index in [9.17, 15) is 9.18 Å². The van der Waals surface area contributed by atoms with Crippen molar-refractivity contribution in [1.82, 2.24) is 5.32 Å². The number of halogens is 1. The molecule has 110 valence electrons. The molecule has 0 aliphatic rings. The van der Waals surface area contributed by atoms with Crippen LogP contribution in [-0.4, -0.2) is 11.9 Å². The normalized spacial score (nSPS) is 10.5. The fourth-order valence-electron chi connectivity index (χ4n) is 1.86. The quantitative estimate of drug-likeness (QED) is 0.913. The number of nitrogens with one attached hydrogen (secondary N) is 1. The highest BCUT2D eigenvalue weighted by molar-refractivity contribution is 5.97. The Balaban J connectivity index is 2.09. The van der Waals surface area contributed by atoms with Gasteiger partial charge in [0.2, 0.25) is 0 Å². The van der Waals surface area contributed by atoms with Gasteiger partial charge in [0.15, 0.2) is 0 Å². The number of para-hydroxylation sites is 1. The van der Waals surface area contributed by atoms with E-state index in [4.69, 9.17) is 4.74 Å². The molecule has 2 aromatic rings. The fraction of sp³-hybridized carbons (Fsp3) is 0.235. The monoisotopic (exact) mass is 287 g/mol. The summed E-state index contributed by atoms with van der Waals surface area (Å²) in [5.41, 5.74) is 1.34. The molecular weight excluding hydrogens is 269 g/mol. The predicted octanol–water partition coefficient (Wildman–Crippen LogP) is 3.54. The van der Waals surface area contributed by atoms with Crippen molar-refractivity contribution in [3.8, 4) is 5.75 Å². The second kappa shape index (κ2) is 6.88. The number of carbonyl (C=O) groups excluding carboxylic acids is 1. The number of benzene rings is 2. The van der Waals surface area contributed by atoms with Gasteiger partial charge in [-0.3, -0.25) is 4.79 Å². The third-order valence-corrected chi connectivity index (χ3v) is 2.86. The van der Waals surface area contributed by atoms with Crippen LogP contribution in [0.4, 0.5) is 4.39 Å². The number of carbonyl (C=O) groups is 1. The van der Waals surface area contributed by atoms with Crippen LogP contribution >= 0.6 is 0 Å². The molecule has 3 nitrogen and oxygen atoms in total. The molecule has 0 radical (unpaired) electrons. The van der Waals surface area contributed by atoms with Gasteiger partial charge in [-0.25, -0.2) is 4.39 Å². The molecule has 0 aliphatic heterocycles. The molecule has 4 heteroatoms. The summed E-state index contributed by atoms with van der Waals surface area (Å²) < 4.78 is 18.5. The Hall–Kier alpha value is -2.36. The number of ether oxygens (including phenoxy) is 1. The van der Waals surface area contributed by atoms with Gasteiger partial charge in [0.1, 0.15) is 18.2 Å². The topological polar surface area (TPSA) is 38.3 Å². The summed E-state index contributed by atoms with van der Waals surface area (Å²) in [6.45, 7) is 4.09. The first-order chi connectivity index (χ1) is 10.1. The Bertz CT molecular complexity index is 608. The van der Waals surface area contributed by atoms with Gasteiger partial charge in [0.25, 0.3) is 5.91 Å². The third-order valence-electron chi connectivity index (χ3n) is 2.86. The number of hydrogen-bond donors (Lipinski definition) is 1. The number of amides is 1. The Morgan fingerprint density at radius 3 is 2.48 bits per heavy atom. The zero-order valence-corrected chi connectivity index (χ0v) is 12.1. The van der Waals surface area contributed by atoms with Crippen molar-refractivity contribution in [2.75, 3.05) is 0 Å². The summed E-state index contributed by atoms with van der Waals surface area (Å²) in [6, 6.07) is 13.2. The molecule has 21 heavy (non-hydrogen) atoms. The lowest BCUT2D eigenvalue weighted by atomic mass is 10.1. The summed E-state index contributed by atoms with van der Waals surface area (Å²) in [7, 11) is 0. The van der Waals surface area contributed by atoms with E-state index < -0.39 is 0 Å². The van der Waals surface area contributed by atoms with Crippen molar-refractivity contribution in [3.63, 3.8) is 0 Å². The summed E-state index contributed by atoms with van der Waals surface area (Å²) >= 11 is 0. The third kappa shape index (κ3) is 4.31. The van der Waals surface area contributed by atoms with Gasteiger partial charge >= 0.3 is 0 Å². The molecule has 1 N–H and O–H groups in total. The van der Waals surface area contributed by atoms with Crippen LogP contribution in [0.5, 0.6) is 5.75 Å². The summed E-state index contributed by atoms with van der Waals surface area (Å²) in [6.07, 6.45) is 0. The Morgan fingerprint density at radius 2 is 1.81 bits per heavy atom. The van der Waals surface area contributed by atoms with E-state index in [1.165, 1.54) is 12.1 Å². The minimum absolute atomic E-state index is 0.0580. The molecule has 0 aliphatic carbocycles. The lowest BCUT2D eigenvalue weighted by Gasteiger charge is -2.13. The van der Waals surface area contributed by atoms with Gasteiger partial charge in [-0.2, -0.15) is 0 Å². The minimum Gasteiger partial charge on any atom is -0.488 e. The van der Waals surface area contributed by atoms with Gasteiger partial charge in [-0.15, -0.1) is 0 Å². The molecule has 0 aromatic heterocycles. The summed E-state index contributed by atoms with van der Waals surface area (Å²) in [5.74, 6) is 0.0649. The van der Waals surface area contributed by atoms with Gasteiger partial charge in [-0.1, -0.05) is 24.3 Å². The average molecular weight is 287 g/mol. The molecule has 0 saturated carbocycles. The number of hydrogen-bond acceptors (Lipinski definition) is 2. The van der Waals surface area contributed by atoms with Crippen molar-refractivity contribution >= 4 is 5.91 Å². The van der Waals surface area contributed by atoms with Crippen LogP contribution in [0.2, 0.25) is 0 Å². The van der Waals surface area contributed by atoms with E-state index >= 15 is 0 Å². The molecule has 0 heterocycles. The van der Waals surface area contributed by atoms with Crippen molar-refractivity contribution in [1.29, 1.82) is 0 Å². The van der Waals surface area contributed by atoms with Crippen LogP contribution in [0.1, 0.15) is 29.8 Å². The van der Waals surface area contributed by atoms with Gasteiger partial charge < -0.3 is 10.1 Å². The van der Waals surface area contributed by atoms with E-state index in [0.29, 0.717) is 11.3 Å². The Kier molecular flexibility index (Phi) is 4.93. The van der Waals surface area contributed by atoms with Crippen LogP contribution in [0.3, 0.4) is 0 Å². The second-order valence-corrected chi connectivity index (χ2v) is 5.04. The minimum atomic E-state index is -0.282. The molecule has 0 atom stereocenters. The highest BCUT2D eigenvalue weighted by Gasteiger charge is 2.12. The van der Waals surface area contributed by atoms with Gasteiger partial charge in [-0.05, 0) is 43.7 Å². The van der Waals surface area contributed by atoms with E-state index in [2.05, 4.69) is 5.32 Å². The maximum Gasteiger partial charge on any atom is 0.255 e. The molecule has 1 amide bonds. The largest absolute Gasteiger partial charge is 0.488 e. The van der Waals surface area contributed by atoms with Crippen LogP contribution in [0, 0.1) is 5.82 Å². The van der Waals surface area contributed by atoms with E-state index in [1.807, 2.05) is 19.9 Å². The predicted molar refractivity (Wildman–Crippen MR) is 79.8 cm³/mol. The molecule has 0 unspecified atom stereocenters. The fourth-order valence-corrected chi connectivity index (χ4v) is 1.86. The second-order valence-electron chi connectivity index (χ2n) is 5.04. The molecule has 0 spiro atoms. The highest BCUT2D eigenvalue weighted by atomic mass is 19.1. The standard InChI is InChI=1S/C17H18FNO2/c1-12(2)19-17(20)15-5-3-4-6-16(15)21-11-13-7-9-14(18)10-8-13/h3-10,12H,11H2,1-2H3,(H,19,20). The van der Waals surface area contributed by atoms with Crippen molar-refractivity contribution in [2.45, 2.75) is 26.5 Å². The van der Waals surface area contributed by atoms with Crippen LogP contribution in [0.25, 0.3) is 0 Å². The lowest BCUT2D eigenvalue weighted by molar-refractivity contribution is 0.0938. The van der Waals surface area contributed by atoms with Crippen molar-refractivity contribution in [2.24, 2.45) is 0 Å². The first-order valence-corrected chi connectivity index (χ1v) is 6.83. The van der Waals surface area contributed by atoms with Crippen LogP contribution in [0.15, 0.2) is 48.5 Å². The van der Waals surface area contributed by atoms with Gasteiger partial charge in [0, 0.05) is 6.04 Å². The van der Waals surface area contributed by atoms with E-state index in [0.717, 1.165) is 5.56 Å². The maximum atomic E-state index is 12.8. The first-order valence-electron chi connectivity index (χ1n) is 6.83. The maximum absolute atomic E-state index is 12.8. The van der Waals surface area contributed by atoms with Crippen molar-refractivity contribution in [3.05, 3.63) is 65.5 Å². The smallest absolute Gasteiger partial charge is 0.255 e. The van der Waals surface area contributed by atoms with E-state index in [1.54, 1.807) is 30.3 Å². The Morgan fingerprint density at radius 1 is 1.14 bits per heavy atom. The molecule has 2 rings (SSSR count). The van der Waals surface area contributed by atoms with E-state index in [-0.39, 0.29) is 24.4 Å². The summed E-state index contributed by atoms with van der Waals surface area (Å²) in [4.78, 5) is 12.1. The lowest BCUT2D eigenvalue weighted by Crippen LogP contribution is -2.30. The van der Waals surface area contributed by atoms with Crippen molar-refractivity contribution < 1.29 is 13.9 Å². The van der Waals surface area contributed by atoms with Gasteiger partial charge in [0.05, 0.1) is 5.56 Å².